The largest absolute Gasteiger partial charge is 0.415 e. The summed E-state index contributed by atoms with van der Waals surface area (Å²) in [6.07, 6.45) is 1.84. The third kappa shape index (κ3) is 5.96. The molecule has 1 atom stereocenters. The van der Waals surface area contributed by atoms with Crippen molar-refractivity contribution in [1.82, 2.24) is 19.5 Å². The van der Waals surface area contributed by atoms with Crippen LogP contribution in [0.2, 0.25) is 0 Å². The van der Waals surface area contributed by atoms with Crippen LogP contribution >= 0.6 is 0 Å². The van der Waals surface area contributed by atoms with E-state index in [1.54, 1.807) is 18.2 Å². The molecule has 3 heterocycles. The molecule has 1 unspecified atom stereocenters. The number of amides is 1. The second kappa shape index (κ2) is 11.3. The minimum Gasteiger partial charge on any atom is -0.415 e. The Balaban J connectivity index is 1.55. The summed E-state index contributed by atoms with van der Waals surface area (Å²) in [6, 6.07) is 5.02. The minimum absolute atomic E-state index is 0.0399. The van der Waals surface area contributed by atoms with Crippen molar-refractivity contribution in [1.29, 1.82) is 0 Å². The molecule has 1 amide bonds. The zero-order chi connectivity index (χ0) is 26.7. The van der Waals surface area contributed by atoms with E-state index in [0.29, 0.717) is 49.3 Å². The lowest BCUT2D eigenvalue weighted by atomic mass is 10.0. The number of hydrogen-bond acceptors (Lipinski definition) is 7. The van der Waals surface area contributed by atoms with E-state index in [2.05, 4.69) is 15.2 Å². The summed E-state index contributed by atoms with van der Waals surface area (Å²) in [4.78, 5) is 19.3. The fourth-order valence-corrected chi connectivity index (χ4v) is 4.88. The van der Waals surface area contributed by atoms with Gasteiger partial charge in [-0.3, -0.25) is 9.78 Å². The number of carbonyl (C=O) groups excluding carboxylic acids is 1. The third-order valence-electron chi connectivity index (χ3n) is 6.20. The highest BCUT2D eigenvalue weighted by Gasteiger charge is 2.27. The van der Waals surface area contributed by atoms with Crippen molar-refractivity contribution in [3.8, 4) is 11.5 Å². The summed E-state index contributed by atoms with van der Waals surface area (Å²) in [5.41, 5.74) is 1.17. The van der Waals surface area contributed by atoms with Crippen molar-refractivity contribution in [3.63, 3.8) is 0 Å². The molecular formula is C23H24F4N6O3S. The average Bonchev–Trinajstić information content (AvgIpc) is 3.39. The molecule has 0 saturated carbocycles. The predicted octanol–water partition coefficient (Wildman–Crippen LogP) is 3.70. The van der Waals surface area contributed by atoms with E-state index in [9.17, 15) is 26.6 Å². The van der Waals surface area contributed by atoms with Gasteiger partial charge in [-0.2, -0.15) is 8.78 Å². The van der Waals surface area contributed by atoms with Gasteiger partial charge in [-0.05, 0) is 25.0 Å². The van der Waals surface area contributed by atoms with Crippen molar-refractivity contribution in [3.05, 3.63) is 53.7 Å². The molecule has 0 bridgehead atoms. The Morgan fingerprint density at radius 1 is 1.16 bits per heavy atom. The van der Waals surface area contributed by atoms with Crippen molar-refractivity contribution in [2.75, 3.05) is 36.2 Å². The monoisotopic (exact) mass is 540 g/mol. The molecule has 0 spiro atoms. The molecular weight excluding hydrogens is 516 g/mol. The molecule has 1 saturated heterocycles. The number of nitrogens with zero attached hydrogens (tertiary/aromatic N) is 6. The van der Waals surface area contributed by atoms with Crippen LogP contribution in [0.3, 0.4) is 0 Å². The molecule has 3 aromatic rings. The van der Waals surface area contributed by atoms with E-state index >= 15 is 0 Å². The smallest absolute Gasteiger partial charge is 0.314 e. The highest BCUT2D eigenvalue weighted by molar-refractivity contribution is 7.81. The van der Waals surface area contributed by atoms with Crippen LogP contribution in [-0.4, -0.2) is 62.5 Å². The van der Waals surface area contributed by atoms with E-state index in [1.165, 1.54) is 23.2 Å². The number of halogens is 4. The number of piperidine rings is 1. The zero-order valence-electron chi connectivity index (χ0n) is 20.0. The second-order valence-corrected chi connectivity index (χ2v) is 9.83. The SMILES string of the molecule is CN(c1cc(F)c(F)cc1N(C=O)Cc1ccc(-c2nnc(C(F)F)o2)cn1)C1CCN(S(C)=O)CC1. The van der Waals surface area contributed by atoms with E-state index in [1.807, 2.05) is 4.31 Å². The first kappa shape index (κ1) is 26.7. The number of carbonyl (C=O) groups is 1. The first-order valence-corrected chi connectivity index (χ1v) is 12.8. The van der Waals surface area contributed by atoms with Gasteiger partial charge >= 0.3 is 6.43 Å². The molecule has 1 aliphatic rings. The van der Waals surface area contributed by atoms with Gasteiger partial charge in [0, 0.05) is 50.8 Å². The highest BCUT2D eigenvalue weighted by Crippen LogP contribution is 2.34. The van der Waals surface area contributed by atoms with Crippen molar-refractivity contribution in [2.24, 2.45) is 0 Å². The lowest BCUT2D eigenvalue weighted by Crippen LogP contribution is -2.44. The van der Waals surface area contributed by atoms with Crippen LogP contribution in [0.4, 0.5) is 28.9 Å². The third-order valence-corrected chi connectivity index (χ3v) is 7.29. The van der Waals surface area contributed by atoms with Gasteiger partial charge in [-0.1, -0.05) is 0 Å². The Labute approximate surface area is 212 Å². The Bertz CT molecular complexity index is 1270. The zero-order valence-corrected chi connectivity index (χ0v) is 20.8. The lowest BCUT2D eigenvalue weighted by Gasteiger charge is -2.38. The molecule has 4 rings (SSSR count). The van der Waals surface area contributed by atoms with Crippen LogP contribution in [0.5, 0.6) is 0 Å². The summed E-state index contributed by atoms with van der Waals surface area (Å²) < 4.78 is 72.4. The van der Waals surface area contributed by atoms with Gasteiger partial charge in [0.05, 0.1) is 40.2 Å². The fraction of sp³-hybridized carbons (Fsp3) is 0.391. The molecule has 0 N–H and O–H groups in total. The number of pyridine rings is 1. The lowest BCUT2D eigenvalue weighted by molar-refractivity contribution is -0.107. The van der Waals surface area contributed by atoms with E-state index in [0.717, 1.165) is 12.1 Å². The maximum absolute atomic E-state index is 14.3. The van der Waals surface area contributed by atoms with Gasteiger partial charge in [0.15, 0.2) is 11.6 Å². The molecule has 1 fully saturated rings. The number of aromatic nitrogens is 3. The summed E-state index contributed by atoms with van der Waals surface area (Å²) in [6.45, 7) is 1.10. The number of anilines is 2. The van der Waals surface area contributed by atoms with Gasteiger partial charge in [0.25, 0.3) is 5.89 Å². The number of rotatable bonds is 9. The summed E-state index contributed by atoms with van der Waals surface area (Å²) in [7, 11) is 0.658. The molecule has 198 valence electrons. The van der Waals surface area contributed by atoms with E-state index < -0.39 is 34.9 Å². The van der Waals surface area contributed by atoms with Crippen LogP contribution in [0.25, 0.3) is 11.5 Å². The average molecular weight is 541 g/mol. The maximum Gasteiger partial charge on any atom is 0.314 e. The maximum atomic E-state index is 14.3. The van der Waals surface area contributed by atoms with Crippen LogP contribution in [0.15, 0.2) is 34.9 Å². The molecule has 0 aliphatic carbocycles. The van der Waals surface area contributed by atoms with Crippen LogP contribution < -0.4 is 9.80 Å². The summed E-state index contributed by atoms with van der Waals surface area (Å²) in [5.74, 6) is -3.10. The molecule has 2 aromatic heterocycles. The number of hydrogen-bond donors (Lipinski definition) is 0. The van der Waals surface area contributed by atoms with Gasteiger partial charge < -0.3 is 14.2 Å². The predicted molar refractivity (Wildman–Crippen MR) is 128 cm³/mol. The Morgan fingerprint density at radius 3 is 2.38 bits per heavy atom. The van der Waals surface area contributed by atoms with Crippen LogP contribution in [0.1, 0.15) is 30.9 Å². The Hall–Kier alpha value is -3.39. The summed E-state index contributed by atoms with van der Waals surface area (Å²) in [5, 5.41) is 6.83. The van der Waals surface area contributed by atoms with E-state index in [4.69, 9.17) is 4.42 Å². The highest BCUT2D eigenvalue weighted by atomic mass is 32.2. The fourth-order valence-electron chi connectivity index (χ4n) is 4.16. The van der Waals surface area contributed by atoms with Crippen LogP contribution in [0, 0.1) is 11.6 Å². The standard InChI is InChI=1S/C23H24F4N6O3S/c1-31(16-5-7-33(8-6-16)37(2)35)19-9-17(24)18(25)10-20(19)32(13-34)12-15-4-3-14(11-28-15)22-29-30-23(36-22)21(26)27/h3-4,9-11,13,16,21H,5-8,12H2,1-2H3. The van der Waals surface area contributed by atoms with Crippen molar-refractivity contribution in [2.45, 2.75) is 31.9 Å². The second-order valence-electron chi connectivity index (χ2n) is 8.47. The van der Waals surface area contributed by atoms with Gasteiger partial charge in [0.1, 0.15) is 0 Å². The van der Waals surface area contributed by atoms with Gasteiger partial charge in [-0.15, -0.1) is 10.2 Å². The molecule has 37 heavy (non-hydrogen) atoms. The normalized spacial score (nSPS) is 15.6. The van der Waals surface area contributed by atoms with Gasteiger partial charge in [-0.25, -0.2) is 17.3 Å². The molecule has 9 nitrogen and oxygen atoms in total. The van der Waals surface area contributed by atoms with Crippen LogP contribution in [-0.2, 0) is 22.3 Å². The quantitative estimate of drug-likeness (QED) is 0.302. The number of benzene rings is 1. The first-order chi connectivity index (χ1) is 17.7. The van der Waals surface area contributed by atoms with Crippen molar-refractivity contribution < 1.29 is 31.0 Å². The Morgan fingerprint density at radius 2 is 1.84 bits per heavy atom. The molecule has 1 aliphatic heterocycles. The molecule has 1 aromatic carbocycles. The number of alkyl halides is 2. The van der Waals surface area contributed by atoms with Gasteiger partial charge in [0.2, 0.25) is 12.3 Å². The first-order valence-electron chi connectivity index (χ1n) is 11.3. The molecule has 0 radical (unpaired) electrons. The van der Waals surface area contributed by atoms with E-state index in [-0.39, 0.29) is 24.2 Å². The topological polar surface area (TPSA) is 95.7 Å². The Kier molecular flexibility index (Phi) is 8.17. The summed E-state index contributed by atoms with van der Waals surface area (Å²) >= 11 is 0. The minimum atomic E-state index is -2.90. The van der Waals surface area contributed by atoms with Crippen molar-refractivity contribution >= 4 is 28.8 Å². The molecule has 14 heteroatoms.